The van der Waals surface area contributed by atoms with E-state index in [-0.39, 0.29) is 5.91 Å². The molecule has 0 bridgehead atoms. The zero-order valence-electron chi connectivity index (χ0n) is 13.1. The van der Waals surface area contributed by atoms with Crippen LogP contribution in [0.15, 0.2) is 42.5 Å². The number of amides is 1. The van der Waals surface area contributed by atoms with Gasteiger partial charge in [-0.1, -0.05) is 18.2 Å². The summed E-state index contributed by atoms with van der Waals surface area (Å²) in [6.07, 6.45) is 0. The molecule has 2 aromatic carbocycles. The van der Waals surface area contributed by atoms with E-state index in [1.165, 1.54) is 3.57 Å². The summed E-state index contributed by atoms with van der Waals surface area (Å²) in [4.78, 5) is 13.5. The standard InChI is InChI=1S/C18H20INO2/c1-4-20(13(2)21)17-9-10-18(15(11-17)12-22-3)14-5-7-16(19)8-6-14/h5-11H,4,12H2,1-3H3. The highest BCUT2D eigenvalue weighted by molar-refractivity contribution is 14.1. The number of anilines is 1. The van der Waals surface area contributed by atoms with Crippen molar-refractivity contribution in [1.82, 2.24) is 0 Å². The van der Waals surface area contributed by atoms with Gasteiger partial charge in [0.15, 0.2) is 0 Å². The summed E-state index contributed by atoms with van der Waals surface area (Å²) < 4.78 is 6.55. The molecule has 0 N–H and O–H groups in total. The van der Waals surface area contributed by atoms with Crippen LogP contribution in [0.4, 0.5) is 5.69 Å². The summed E-state index contributed by atoms with van der Waals surface area (Å²) in [6.45, 7) is 4.74. The molecule has 0 radical (unpaired) electrons. The van der Waals surface area contributed by atoms with Crippen LogP contribution in [-0.4, -0.2) is 19.6 Å². The third-order valence-electron chi connectivity index (χ3n) is 3.55. The van der Waals surface area contributed by atoms with Gasteiger partial charge in [-0.2, -0.15) is 0 Å². The van der Waals surface area contributed by atoms with Crippen LogP contribution in [0.1, 0.15) is 19.4 Å². The molecule has 2 rings (SSSR count). The number of methoxy groups -OCH3 is 1. The lowest BCUT2D eigenvalue weighted by atomic mass is 9.99. The summed E-state index contributed by atoms with van der Waals surface area (Å²) >= 11 is 2.30. The number of nitrogens with zero attached hydrogens (tertiary/aromatic N) is 1. The summed E-state index contributed by atoms with van der Waals surface area (Å²) in [5, 5.41) is 0. The molecule has 1 amide bonds. The Hall–Kier alpha value is -1.40. The van der Waals surface area contributed by atoms with E-state index in [0.29, 0.717) is 13.2 Å². The van der Waals surface area contributed by atoms with Crippen molar-refractivity contribution >= 4 is 34.2 Å². The molecule has 0 fully saturated rings. The van der Waals surface area contributed by atoms with Crippen LogP contribution in [0.3, 0.4) is 0 Å². The van der Waals surface area contributed by atoms with E-state index in [1.807, 2.05) is 19.1 Å². The van der Waals surface area contributed by atoms with Crippen LogP contribution in [0, 0.1) is 3.57 Å². The highest BCUT2D eigenvalue weighted by atomic mass is 127. The van der Waals surface area contributed by atoms with Crippen LogP contribution >= 0.6 is 22.6 Å². The monoisotopic (exact) mass is 409 g/mol. The molecule has 22 heavy (non-hydrogen) atoms. The first kappa shape index (κ1) is 17.0. The van der Waals surface area contributed by atoms with E-state index in [2.05, 4.69) is 52.9 Å². The fourth-order valence-corrected chi connectivity index (χ4v) is 2.88. The van der Waals surface area contributed by atoms with Crippen molar-refractivity contribution in [2.24, 2.45) is 0 Å². The minimum absolute atomic E-state index is 0.0490. The molecule has 0 heterocycles. The van der Waals surface area contributed by atoms with Crippen LogP contribution in [0.2, 0.25) is 0 Å². The molecule has 0 aliphatic rings. The van der Waals surface area contributed by atoms with Gasteiger partial charge in [0.2, 0.25) is 5.91 Å². The number of benzene rings is 2. The highest BCUT2D eigenvalue weighted by Gasteiger charge is 2.12. The molecular formula is C18H20INO2. The van der Waals surface area contributed by atoms with Crippen molar-refractivity contribution in [1.29, 1.82) is 0 Å². The Kier molecular flexibility index (Phi) is 5.97. The van der Waals surface area contributed by atoms with Crippen molar-refractivity contribution in [3.05, 3.63) is 51.6 Å². The fourth-order valence-electron chi connectivity index (χ4n) is 2.52. The molecule has 2 aromatic rings. The van der Waals surface area contributed by atoms with E-state index in [4.69, 9.17) is 4.74 Å². The second kappa shape index (κ2) is 7.74. The highest BCUT2D eigenvalue weighted by Crippen LogP contribution is 2.29. The van der Waals surface area contributed by atoms with Crippen molar-refractivity contribution in [2.45, 2.75) is 20.5 Å². The molecule has 3 nitrogen and oxygen atoms in total. The molecule has 0 aliphatic heterocycles. The van der Waals surface area contributed by atoms with Gasteiger partial charge in [0.25, 0.3) is 0 Å². The van der Waals surface area contributed by atoms with Crippen LogP contribution in [0.25, 0.3) is 11.1 Å². The molecular weight excluding hydrogens is 389 g/mol. The Morgan fingerprint density at radius 2 is 1.86 bits per heavy atom. The minimum atomic E-state index is 0.0490. The third kappa shape index (κ3) is 3.87. The Balaban J connectivity index is 2.47. The number of hydrogen-bond acceptors (Lipinski definition) is 2. The maximum absolute atomic E-state index is 11.7. The average Bonchev–Trinajstić information content (AvgIpc) is 2.49. The van der Waals surface area contributed by atoms with Gasteiger partial charge in [-0.05, 0) is 70.5 Å². The van der Waals surface area contributed by atoms with Crippen LogP contribution in [0.5, 0.6) is 0 Å². The SMILES string of the molecule is CCN(C(C)=O)c1ccc(-c2ccc(I)cc2)c(COC)c1. The van der Waals surface area contributed by atoms with Crippen molar-refractivity contribution in [2.75, 3.05) is 18.6 Å². The first-order valence-corrected chi connectivity index (χ1v) is 8.30. The summed E-state index contributed by atoms with van der Waals surface area (Å²) in [5.74, 6) is 0.0490. The molecule has 0 atom stereocenters. The lowest BCUT2D eigenvalue weighted by Crippen LogP contribution is -2.27. The maximum atomic E-state index is 11.7. The third-order valence-corrected chi connectivity index (χ3v) is 4.27. The van der Waals surface area contributed by atoms with Crippen LogP contribution < -0.4 is 4.90 Å². The quantitative estimate of drug-likeness (QED) is 0.682. The van der Waals surface area contributed by atoms with E-state index in [1.54, 1.807) is 18.9 Å². The molecule has 116 valence electrons. The topological polar surface area (TPSA) is 29.5 Å². The van der Waals surface area contributed by atoms with Crippen molar-refractivity contribution in [3.8, 4) is 11.1 Å². The Labute approximate surface area is 145 Å². The average molecular weight is 409 g/mol. The number of carbonyl (C=O) groups excluding carboxylic acids is 1. The van der Waals surface area contributed by atoms with Gasteiger partial charge in [-0.15, -0.1) is 0 Å². The predicted octanol–water partition coefficient (Wildman–Crippen LogP) is 4.48. The van der Waals surface area contributed by atoms with Gasteiger partial charge >= 0.3 is 0 Å². The number of carbonyl (C=O) groups is 1. The van der Waals surface area contributed by atoms with Gasteiger partial charge in [0, 0.05) is 29.8 Å². The molecule has 0 aliphatic carbocycles. The largest absolute Gasteiger partial charge is 0.380 e. The van der Waals surface area contributed by atoms with Gasteiger partial charge in [-0.3, -0.25) is 4.79 Å². The number of rotatable bonds is 5. The van der Waals surface area contributed by atoms with E-state index in [0.717, 1.165) is 22.4 Å². The Bertz CT molecular complexity index is 653. The van der Waals surface area contributed by atoms with E-state index in [9.17, 15) is 4.79 Å². The fraction of sp³-hybridized carbons (Fsp3) is 0.278. The van der Waals surface area contributed by atoms with Gasteiger partial charge in [-0.25, -0.2) is 0 Å². The van der Waals surface area contributed by atoms with Crippen molar-refractivity contribution < 1.29 is 9.53 Å². The first-order chi connectivity index (χ1) is 10.6. The summed E-state index contributed by atoms with van der Waals surface area (Å²) in [7, 11) is 1.69. The van der Waals surface area contributed by atoms with E-state index < -0.39 is 0 Å². The summed E-state index contributed by atoms with van der Waals surface area (Å²) in [5.41, 5.74) is 4.30. The number of halogens is 1. The lowest BCUT2D eigenvalue weighted by molar-refractivity contribution is -0.116. The lowest BCUT2D eigenvalue weighted by Gasteiger charge is -2.21. The normalized spacial score (nSPS) is 10.5. The second-order valence-corrected chi connectivity index (χ2v) is 6.29. The van der Waals surface area contributed by atoms with Gasteiger partial charge < -0.3 is 9.64 Å². The zero-order chi connectivity index (χ0) is 16.1. The van der Waals surface area contributed by atoms with Crippen LogP contribution in [-0.2, 0) is 16.1 Å². The minimum Gasteiger partial charge on any atom is -0.380 e. The Morgan fingerprint density at radius 3 is 2.41 bits per heavy atom. The summed E-state index contributed by atoms with van der Waals surface area (Å²) in [6, 6.07) is 14.5. The molecule has 0 aromatic heterocycles. The van der Waals surface area contributed by atoms with Gasteiger partial charge in [0.05, 0.1) is 6.61 Å². The van der Waals surface area contributed by atoms with E-state index >= 15 is 0 Å². The number of hydrogen-bond donors (Lipinski definition) is 0. The zero-order valence-corrected chi connectivity index (χ0v) is 15.3. The maximum Gasteiger partial charge on any atom is 0.223 e. The smallest absolute Gasteiger partial charge is 0.223 e. The molecule has 0 spiro atoms. The molecule has 4 heteroatoms. The molecule has 0 saturated carbocycles. The van der Waals surface area contributed by atoms with Gasteiger partial charge in [0.1, 0.15) is 0 Å². The van der Waals surface area contributed by atoms with Crippen molar-refractivity contribution in [3.63, 3.8) is 0 Å². The first-order valence-electron chi connectivity index (χ1n) is 7.22. The molecule has 0 saturated heterocycles. The Morgan fingerprint density at radius 1 is 1.18 bits per heavy atom. The predicted molar refractivity (Wildman–Crippen MR) is 99.0 cm³/mol. The number of ether oxygens (including phenoxy) is 1. The second-order valence-electron chi connectivity index (χ2n) is 5.04. The molecule has 0 unspecified atom stereocenters.